The van der Waals surface area contributed by atoms with Crippen LogP contribution in [-0.2, 0) is 4.79 Å². The lowest BCUT2D eigenvalue weighted by Gasteiger charge is -2.42. The Kier molecular flexibility index (Phi) is 5.76. The van der Waals surface area contributed by atoms with Crippen molar-refractivity contribution >= 4 is 5.91 Å². The molecule has 0 aromatic heterocycles. The van der Waals surface area contributed by atoms with Gasteiger partial charge in [-0.25, -0.2) is 0 Å². The summed E-state index contributed by atoms with van der Waals surface area (Å²) in [7, 11) is 0. The largest absolute Gasteiger partial charge is 0.353 e. The number of carbonyl (C=O) groups is 1. The van der Waals surface area contributed by atoms with Gasteiger partial charge in [0.05, 0.1) is 5.92 Å². The van der Waals surface area contributed by atoms with Crippen molar-refractivity contribution in [1.29, 1.82) is 0 Å². The fourth-order valence-corrected chi connectivity index (χ4v) is 3.99. The lowest BCUT2D eigenvalue weighted by Crippen LogP contribution is -2.51. The number of likely N-dealkylation sites (tertiary alicyclic amines) is 2. The third-order valence-electron chi connectivity index (χ3n) is 5.79. The van der Waals surface area contributed by atoms with Crippen molar-refractivity contribution in [2.24, 2.45) is 5.92 Å². The molecular formula is C19H33N3O. The lowest BCUT2D eigenvalue weighted by atomic mass is 9.93. The summed E-state index contributed by atoms with van der Waals surface area (Å²) in [5.74, 6) is 0.547. The first-order chi connectivity index (χ1) is 11.2. The zero-order valence-electron chi connectivity index (χ0n) is 14.9. The molecule has 3 rings (SSSR count). The van der Waals surface area contributed by atoms with Gasteiger partial charge in [-0.2, -0.15) is 0 Å². The van der Waals surface area contributed by atoms with E-state index in [1.165, 1.54) is 57.3 Å². The maximum atomic E-state index is 12.3. The predicted octanol–water partition coefficient (Wildman–Crippen LogP) is 2.41. The molecule has 2 heterocycles. The molecule has 1 N–H and O–H groups in total. The van der Waals surface area contributed by atoms with E-state index in [9.17, 15) is 4.79 Å². The molecule has 1 atom stereocenters. The standard InChI is InChI=1S/C19H33N3O/c1-3-15(2)13-21-11-8-18(9-12-21)22-10-4-5-16(14-22)19(23)20-17-6-7-17/h3,16-18H,4-14H2,1-2H3,(H,20,23)/b15-3+. The average molecular weight is 319 g/mol. The normalized spacial score (nSPS) is 28.8. The van der Waals surface area contributed by atoms with Crippen molar-refractivity contribution in [3.63, 3.8) is 0 Å². The SMILES string of the molecule is C/C=C(\C)CN1CCC(N2CCCC(C(=O)NC3CC3)C2)CC1. The molecule has 130 valence electrons. The molecule has 3 aliphatic rings. The van der Waals surface area contributed by atoms with Crippen LogP contribution < -0.4 is 5.32 Å². The van der Waals surface area contributed by atoms with Crippen molar-refractivity contribution in [3.8, 4) is 0 Å². The van der Waals surface area contributed by atoms with Gasteiger partial charge in [0.2, 0.25) is 5.91 Å². The van der Waals surface area contributed by atoms with Crippen LogP contribution in [0.1, 0.15) is 52.4 Å². The van der Waals surface area contributed by atoms with E-state index >= 15 is 0 Å². The Labute approximate surface area is 141 Å². The Bertz CT molecular complexity index is 436. The highest BCUT2D eigenvalue weighted by atomic mass is 16.2. The highest BCUT2D eigenvalue weighted by Crippen LogP contribution is 2.26. The minimum absolute atomic E-state index is 0.229. The van der Waals surface area contributed by atoms with Crippen LogP contribution in [-0.4, -0.2) is 60.5 Å². The molecule has 0 spiro atoms. The van der Waals surface area contributed by atoms with Crippen LogP contribution >= 0.6 is 0 Å². The molecule has 23 heavy (non-hydrogen) atoms. The number of nitrogens with zero attached hydrogens (tertiary/aromatic N) is 2. The van der Waals surface area contributed by atoms with Crippen LogP contribution in [0.5, 0.6) is 0 Å². The highest BCUT2D eigenvalue weighted by Gasteiger charge is 2.33. The Morgan fingerprint density at radius 1 is 1.13 bits per heavy atom. The molecule has 1 aliphatic carbocycles. The molecular weight excluding hydrogens is 286 g/mol. The van der Waals surface area contributed by atoms with Gasteiger partial charge in [0, 0.05) is 25.2 Å². The van der Waals surface area contributed by atoms with Gasteiger partial charge in [-0.05, 0) is 72.0 Å². The van der Waals surface area contributed by atoms with Gasteiger partial charge in [-0.3, -0.25) is 14.6 Å². The van der Waals surface area contributed by atoms with Crippen molar-refractivity contribution < 1.29 is 4.79 Å². The maximum absolute atomic E-state index is 12.3. The van der Waals surface area contributed by atoms with Crippen LogP contribution in [0.2, 0.25) is 0 Å². The molecule has 2 saturated heterocycles. The van der Waals surface area contributed by atoms with Crippen LogP contribution in [0.4, 0.5) is 0 Å². The fourth-order valence-electron chi connectivity index (χ4n) is 3.99. The lowest BCUT2D eigenvalue weighted by molar-refractivity contribution is -0.127. The van der Waals surface area contributed by atoms with Crippen LogP contribution in [0.25, 0.3) is 0 Å². The molecule has 1 unspecified atom stereocenters. The maximum Gasteiger partial charge on any atom is 0.224 e. The fraction of sp³-hybridized carbons (Fsp3) is 0.842. The molecule has 3 fully saturated rings. The highest BCUT2D eigenvalue weighted by molar-refractivity contribution is 5.79. The molecule has 0 bridgehead atoms. The van der Waals surface area contributed by atoms with E-state index in [2.05, 4.69) is 35.0 Å². The molecule has 0 aromatic carbocycles. The third-order valence-corrected chi connectivity index (χ3v) is 5.79. The van der Waals surface area contributed by atoms with E-state index in [0.717, 1.165) is 19.5 Å². The molecule has 1 amide bonds. The first-order valence-electron chi connectivity index (χ1n) is 9.54. The second-order valence-corrected chi connectivity index (χ2v) is 7.76. The van der Waals surface area contributed by atoms with E-state index < -0.39 is 0 Å². The van der Waals surface area contributed by atoms with Crippen molar-refractivity contribution in [2.45, 2.75) is 64.5 Å². The van der Waals surface area contributed by atoms with Gasteiger partial charge in [0.15, 0.2) is 0 Å². The number of amides is 1. The Hall–Kier alpha value is -0.870. The average Bonchev–Trinajstić information content (AvgIpc) is 3.39. The van der Waals surface area contributed by atoms with Gasteiger partial charge < -0.3 is 5.32 Å². The third kappa shape index (κ3) is 4.80. The van der Waals surface area contributed by atoms with E-state index in [-0.39, 0.29) is 5.92 Å². The number of hydrogen-bond donors (Lipinski definition) is 1. The first-order valence-corrected chi connectivity index (χ1v) is 9.54. The molecule has 4 heteroatoms. The Morgan fingerprint density at radius 2 is 1.87 bits per heavy atom. The van der Waals surface area contributed by atoms with Gasteiger partial charge in [-0.1, -0.05) is 11.6 Å². The number of nitrogens with one attached hydrogen (secondary N) is 1. The Morgan fingerprint density at radius 3 is 2.52 bits per heavy atom. The topological polar surface area (TPSA) is 35.6 Å². The van der Waals surface area contributed by atoms with Gasteiger partial charge in [0.1, 0.15) is 0 Å². The number of carbonyl (C=O) groups excluding carboxylic acids is 1. The summed E-state index contributed by atoms with van der Waals surface area (Å²) < 4.78 is 0. The smallest absolute Gasteiger partial charge is 0.224 e. The van der Waals surface area contributed by atoms with Crippen LogP contribution in [0, 0.1) is 5.92 Å². The molecule has 0 radical (unpaired) electrons. The van der Waals surface area contributed by atoms with Crippen LogP contribution in [0.15, 0.2) is 11.6 Å². The van der Waals surface area contributed by atoms with E-state index in [1.54, 1.807) is 0 Å². The molecule has 2 aliphatic heterocycles. The molecule has 4 nitrogen and oxygen atoms in total. The van der Waals surface area contributed by atoms with E-state index in [0.29, 0.717) is 18.0 Å². The summed E-state index contributed by atoms with van der Waals surface area (Å²) in [5, 5.41) is 3.20. The van der Waals surface area contributed by atoms with Crippen molar-refractivity contribution in [2.75, 3.05) is 32.7 Å². The monoisotopic (exact) mass is 319 g/mol. The summed E-state index contributed by atoms with van der Waals surface area (Å²) in [6, 6.07) is 1.18. The van der Waals surface area contributed by atoms with Gasteiger partial charge in [-0.15, -0.1) is 0 Å². The number of hydrogen-bond acceptors (Lipinski definition) is 3. The number of rotatable bonds is 5. The summed E-state index contributed by atoms with van der Waals surface area (Å²) in [4.78, 5) is 17.5. The van der Waals surface area contributed by atoms with Gasteiger partial charge >= 0.3 is 0 Å². The van der Waals surface area contributed by atoms with E-state index in [4.69, 9.17) is 0 Å². The minimum atomic E-state index is 0.229. The summed E-state index contributed by atoms with van der Waals surface area (Å²) in [6.07, 6.45) is 9.37. The molecule has 1 saturated carbocycles. The predicted molar refractivity (Wildman–Crippen MR) is 94.4 cm³/mol. The summed E-state index contributed by atoms with van der Waals surface area (Å²) in [5.41, 5.74) is 1.47. The first kappa shape index (κ1) is 17.0. The van der Waals surface area contributed by atoms with Crippen molar-refractivity contribution in [1.82, 2.24) is 15.1 Å². The van der Waals surface area contributed by atoms with Crippen LogP contribution in [0.3, 0.4) is 0 Å². The summed E-state index contributed by atoms with van der Waals surface area (Å²) in [6.45, 7) is 10.0. The zero-order chi connectivity index (χ0) is 16.2. The van der Waals surface area contributed by atoms with E-state index in [1.807, 2.05) is 0 Å². The number of allylic oxidation sites excluding steroid dienone is 1. The number of piperidine rings is 2. The second-order valence-electron chi connectivity index (χ2n) is 7.76. The van der Waals surface area contributed by atoms with Crippen molar-refractivity contribution in [3.05, 3.63) is 11.6 Å². The summed E-state index contributed by atoms with van der Waals surface area (Å²) >= 11 is 0. The second kappa shape index (κ2) is 7.80. The van der Waals surface area contributed by atoms with Gasteiger partial charge in [0.25, 0.3) is 0 Å². The quantitative estimate of drug-likeness (QED) is 0.791. The Balaban J connectivity index is 1.45. The molecule has 0 aromatic rings. The minimum Gasteiger partial charge on any atom is -0.353 e. The zero-order valence-corrected chi connectivity index (χ0v) is 14.9.